The molecule has 3 aliphatic rings. The number of likely N-dealkylation sites (tertiary alicyclic amines) is 1. The van der Waals surface area contributed by atoms with Gasteiger partial charge in [-0.2, -0.15) is 0 Å². The van der Waals surface area contributed by atoms with E-state index in [2.05, 4.69) is 16.0 Å². The van der Waals surface area contributed by atoms with Crippen LogP contribution in [0, 0.1) is 0 Å². The Morgan fingerprint density at radius 3 is 2.11 bits per heavy atom. The number of ether oxygens (including phenoxy) is 1. The Morgan fingerprint density at radius 1 is 0.821 bits per heavy atom. The van der Waals surface area contributed by atoms with Gasteiger partial charge in [0.15, 0.2) is 0 Å². The molecule has 7 nitrogen and oxygen atoms in total. The van der Waals surface area contributed by atoms with Crippen molar-refractivity contribution >= 4 is 12.1 Å². The first-order valence-corrected chi connectivity index (χ1v) is 11.4. The molecule has 28 heavy (non-hydrogen) atoms. The summed E-state index contributed by atoms with van der Waals surface area (Å²) >= 11 is 0. The van der Waals surface area contributed by atoms with Crippen LogP contribution in [-0.2, 0) is 4.74 Å². The second-order valence-electron chi connectivity index (χ2n) is 8.55. The molecule has 0 bridgehead atoms. The molecule has 0 aromatic heterocycles. The van der Waals surface area contributed by atoms with Gasteiger partial charge in [-0.05, 0) is 45.4 Å². The molecule has 3 fully saturated rings. The molecule has 2 atom stereocenters. The van der Waals surface area contributed by atoms with Crippen LogP contribution < -0.4 is 16.0 Å². The van der Waals surface area contributed by atoms with Crippen LogP contribution in [0.4, 0.5) is 9.59 Å². The molecule has 3 rings (SSSR count). The van der Waals surface area contributed by atoms with E-state index in [0.29, 0.717) is 25.7 Å². The van der Waals surface area contributed by atoms with Gasteiger partial charge >= 0.3 is 12.1 Å². The van der Waals surface area contributed by atoms with Gasteiger partial charge in [-0.15, -0.1) is 0 Å². The fraction of sp³-hybridized carbons (Fsp3) is 0.905. The largest absolute Gasteiger partial charge is 0.376 e. The Labute approximate surface area is 169 Å². The Bertz CT molecular complexity index is 500. The maximum absolute atomic E-state index is 12.7. The van der Waals surface area contributed by atoms with Crippen LogP contribution in [0.1, 0.15) is 77.6 Å². The third-order valence-corrected chi connectivity index (χ3v) is 6.45. The maximum atomic E-state index is 12.7. The van der Waals surface area contributed by atoms with Gasteiger partial charge in [0.25, 0.3) is 0 Å². The summed E-state index contributed by atoms with van der Waals surface area (Å²) in [4.78, 5) is 26.8. The molecule has 0 unspecified atom stereocenters. The molecule has 2 aliphatic carbocycles. The lowest BCUT2D eigenvalue weighted by atomic mass is 9.92. The maximum Gasteiger partial charge on any atom is 0.317 e. The number of carbonyl (C=O) groups excluding carboxylic acids is 2. The van der Waals surface area contributed by atoms with Crippen molar-refractivity contribution in [1.29, 1.82) is 0 Å². The van der Waals surface area contributed by atoms with Gasteiger partial charge < -0.3 is 25.6 Å². The van der Waals surface area contributed by atoms with Crippen LogP contribution in [0.25, 0.3) is 0 Å². The van der Waals surface area contributed by atoms with Crippen molar-refractivity contribution in [2.75, 3.05) is 19.7 Å². The van der Waals surface area contributed by atoms with Gasteiger partial charge in [-0.1, -0.05) is 32.1 Å². The first-order valence-electron chi connectivity index (χ1n) is 11.4. The zero-order valence-corrected chi connectivity index (χ0v) is 17.4. The van der Waals surface area contributed by atoms with Crippen molar-refractivity contribution in [3.8, 4) is 0 Å². The molecular weight excluding hydrogens is 356 g/mol. The van der Waals surface area contributed by atoms with Gasteiger partial charge in [0, 0.05) is 31.8 Å². The number of urea groups is 2. The topological polar surface area (TPSA) is 82.7 Å². The fourth-order valence-electron chi connectivity index (χ4n) is 4.81. The van der Waals surface area contributed by atoms with Crippen molar-refractivity contribution < 1.29 is 14.3 Å². The van der Waals surface area contributed by atoms with Crippen LogP contribution in [0.15, 0.2) is 0 Å². The van der Waals surface area contributed by atoms with E-state index in [1.54, 1.807) is 0 Å². The highest BCUT2D eigenvalue weighted by atomic mass is 16.5. The molecule has 0 radical (unpaired) electrons. The minimum absolute atomic E-state index is 0.0155. The lowest BCUT2D eigenvalue weighted by molar-refractivity contribution is 0.0136. The van der Waals surface area contributed by atoms with Gasteiger partial charge in [-0.25, -0.2) is 9.59 Å². The zero-order valence-electron chi connectivity index (χ0n) is 17.4. The standard InChI is InChI=1S/C21H38N4O3/c1-2-28-19-11-7-6-10-18(19)24-21(27)25-14-12-17(13-15-25)23-20(26)22-16-8-4-3-5-9-16/h16-19H,2-15H2,1H3,(H,24,27)(H2,22,23,26)/t18-,19-/m1/s1. The average Bonchev–Trinajstić information content (AvgIpc) is 2.71. The molecule has 1 aliphatic heterocycles. The quantitative estimate of drug-likeness (QED) is 0.670. The number of hydrogen-bond donors (Lipinski definition) is 3. The second kappa shape index (κ2) is 10.9. The summed E-state index contributed by atoms with van der Waals surface area (Å²) in [5.41, 5.74) is 0. The van der Waals surface area contributed by atoms with Crippen molar-refractivity contribution in [1.82, 2.24) is 20.9 Å². The molecule has 2 saturated carbocycles. The highest BCUT2D eigenvalue weighted by Gasteiger charge is 2.30. The van der Waals surface area contributed by atoms with E-state index in [4.69, 9.17) is 4.74 Å². The Kier molecular flexibility index (Phi) is 8.25. The summed E-state index contributed by atoms with van der Waals surface area (Å²) in [6.07, 6.45) is 12.0. The van der Waals surface area contributed by atoms with E-state index in [1.807, 2.05) is 11.8 Å². The molecule has 3 N–H and O–H groups in total. The van der Waals surface area contributed by atoms with Crippen LogP contribution in [0.2, 0.25) is 0 Å². The highest BCUT2D eigenvalue weighted by molar-refractivity contribution is 5.75. The zero-order chi connectivity index (χ0) is 19.8. The van der Waals surface area contributed by atoms with E-state index in [9.17, 15) is 9.59 Å². The molecule has 7 heteroatoms. The molecule has 0 aromatic carbocycles. The molecule has 4 amide bonds. The van der Waals surface area contributed by atoms with Gasteiger partial charge in [0.2, 0.25) is 0 Å². The predicted molar refractivity (Wildman–Crippen MR) is 109 cm³/mol. The first-order chi connectivity index (χ1) is 13.7. The van der Waals surface area contributed by atoms with Gasteiger partial charge in [0.1, 0.15) is 0 Å². The lowest BCUT2D eigenvalue weighted by Crippen LogP contribution is -2.55. The van der Waals surface area contributed by atoms with E-state index in [0.717, 1.165) is 44.9 Å². The Morgan fingerprint density at radius 2 is 1.43 bits per heavy atom. The fourth-order valence-corrected chi connectivity index (χ4v) is 4.81. The molecule has 1 saturated heterocycles. The molecule has 0 aromatic rings. The average molecular weight is 395 g/mol. The van der Waals surface area contributed by atoms with Crippen molar-refractivity contribution in [3.05, 3.63) is 0 Å². The number of nitrogens with zero attached hydrogens (tertiary/aromatic N) is 1. The van der Waals surface area contributed by atoms with Crippen LogP contribution in [0.3, 0.4) is 0 Å². The van der Waals surface area contributed by atoms with Crippen LogP contribution >= 0.6 is 0 Å². The lowest BCUT2D eigenvalue weighted by Gasteiger charge is -2.36. The Hall–Kier alpha value is -1.50. The first kappa shape index (κ1) is 21.2. The third-order valence-electron chi connectivity index (χ3n) is 6.45. The number of amides is 4. The number of hydrogen-bond acceptors (Lipinski definition) is 3. The number of rotatable bonds is 5. The second-order valence-corrected chi connectivity index (χ2v) is 8.55. The van der Waals surface area contributed by atoms with Crippen molar-refractivity contribution in [2.24, 2.45) is 0 Å². The smallest absolute Gasteiger partial charge is 0.317 e. The normalized spacial score (nSPS) is 27.2. The summed E-state index contributed by atoms with van der Waals surface area (Å²) in [5.74, 6) is 0. The summed E-state index contributed by atoms with van der Waals surface area (Å²) in [6, 6.07) is 0.573. The number of carbonyl (C=O) groups is 2. The number of nitrogens with one attached hydrogen (secondary N) is 3. The van der Waals surface area contributed by atoms with E-state index in [1.165, 1.54) is 25.7 Å². The van der Waals surface area contributed by atoms with E-state index < -0.39 is 0 Å². The molecule has 0 spiro atoms. The summed E-state index contributed by atoms with van der Waals surface area (Å²) < 4.78 is 5.82. The summed E-state index contributed by atoms with van der Waals surface area (Å²) in [7, 11) is 0. The van der Waals surface area contributed by atoms with Crippen LogP contribution in [-0.4, -0.2) is 60.9 Å². The minimum atomic E-state index is -0.0448. The monoisotopic (exact) mass is 394 g/mol. The van der Waals surface area contributed by atoms with Gasteiger partial charge in [0.05, 0.1) is 12.1 Å². The minimum Gasteiger partial charge on any atom is -0.376 e. The van der Waals surface area contributed by atoms with E-state index >= 15 is 0 Å². The molecule has 1 heterocycles. The molecule has 160 valence electrons. The Balaban J connectivity index is 1.37. The SMILES string of the molecule is CCO[C@@H]1CCCC[C@H]1NC(=O)N1CCC(NC(=O)NC2CCCCC2)CC1. The van der Waals surface area contributed by atoms with Gasteiger partial charge in [-0.3, -0.25) is 0 Å². The van der Waals surface area contributed by atoms with Crippen molar-refractivity contribution in [3.63, 3.8) is 0 Å². The summed E-state index contributed by atoms with van der Waals surface area (Å²) in [5, 5.41) is 9.41. The van der Waals surface area contributed by atoms with Crippen molar-refractivity contribution in [2.45, 2.75) is 102 Å². The van der Waals surface area contributed by atoms with E-state index in [-0.39, 0.29) is 30.2 Å². The number of piperidine rings is 1. The predicted octanol–water partition coefficient (Wildman–Crippen LogP) is 3.14. The van der Waals surface area contributed by atoms with Crippen LogP contribution in [0.5, 0.6) is 0 Å². The third kappa shape index (κ3) is 6.26. The summed E-state index contributed by atoms with van der Waals surface area (Å²) in [6.45, 7) is 4.07. The highest BCUT2D eigenvalue weighted by Crippen LogP contribution is 2.22. The molecular formula is C21H38N4O3.